The SMILES string of the molecule is CCC[C@H]1CN(C(=O)c2cccc3ccccc23)C[C@@H]1N. The average Bonchev–Trinajstić information content (AvgIpc) is 2.87. The molecule has 0 spiro atoms. The van der Waals surface area contributed by atoms with Crippen LogP contribution in [0.1, 0.15) is 30.1 Å². The van der Waals surface area contributed by atoms with Gasteiger partial charge in [0.2, 0.25) is 0 Å². The fourth-order valence-corrected chi connectivity index (χ4v) is 3.32. The minimum Gasteiger partial charge on any atom is -0.337 e. The number of fused-ring (bicyclic) bond motifs is 1. The van der Waals surface area contributed by atoms with Crippen molar-refractivity contribution in [3.05, 3.63) is 48.0 Å². The predicted octanol–water partition coefficient (Wildman–Crippen LogP) is 3.04. The molecule has 1 saturated heterocycles. The third kappa shape index (κ3) is 2.66. The molecule has 2 aromatic rings. The fourth-order valence-electron chi connectivity index (χ4n) is 3.32. The summed E-state index contributed by atoms with van der Waals surface area (Å²) in [5.41, 5.74) is 6.98. The van der Waals surface area contributed by atoms with Gasteiger partial charge in [-0.25, -0.2) is 0 Å². The number of hydrogen-bond acceptors (Lipinski definition) is 2. The fraction of sp³-hybridized carbons (Fsp3) is 0.389. The maximum absolute atomic E-state index is 12.8. The van der Waals surface area contributed by atoms with Crippen LogP contribution in [0.5, 0.6) is 0 Å². The molecule has 3 heteroatoms. The van der Waals surface area contributed by atoms with Crippen molar-refractivity contribution in [2.45, 2.75) is 25.8 Å². The second-order valence-corrected chi connectivity index (χ2v) is 5.95. The third-order valence-corrected chi connectivity index (χ3v) is 4.46. The van der Waals surface area contributed by atoms with E-state index in [0.29, 0.717) is 12.5 Å². The van der Waals surface area contributed by atoms with Crippen LogP contribution in [0.25, 0.3) is 10.8 Å². The first-order valence-electron chi connectivity index (χ1n) is 7.73. The number of carbonyl (C=O) groups excluding carboxylic acids is 1. The molecule has 3 rings (SSSR count). The van der Waals surface area contributed by atoms with Gasteiger partial charge < -0.3 is 10.6 Å². The normalized spacial score (nSPS) is 21.9. The van der Waals surface area contributed by atoms with Crippen molar-refractivity contribution in [2.24, 2.45) is 11.7 Å². The van der Waals surface area contributed by atoms with E-state index in [9.17, 15) is 4.79 Å². The van der Waals surface area contributed by atoms with Gasteiger partial charge in [0.1, 0.15) is 0 Å². The van der Waals surface area contributed by atoms with E-state index in [2.05, 4.69) is 6.92 Å². The third-order valence-electron chi connectivity index (χ3n) is 4.46. The van der Waals surface area contributed by atoms with Crippen LogP contribution in [0.15, 0.2) is 42.5 Å². The largest absolute Gasteiger partial charge is 0.337 e. The lowest BCUT2D eigenvalue weighted by Crippen LogP contribution is -2.32. The summed E-state index contributed by atoms with van der Waals surface area (Å²) in [4.78, 5) is 14.8. The van der Waals surface area contributed by atoms with Gasteiger partial charge in [-0.15, -0.1) is 0 Å². The van der Waals surface area contributed by atoms with E-state index in [1.807, 2.05) is 47.4 Å². The van der Waals surface area contributed by atoms with Crippen LogP contribution in [0, 0.1) is 5.92 Å². The molecule has 1 heterocycles. The van der Waals surface area contributed by atoms with Crippen LogP contribution >= 0.6 is 0 Å². The van der Waals surface area contributed by atoms with Crippen LogP contribution in [-0.2, 0) is 0 Å². The molecular weight excluding hydrogens is 260 g/mol. The van der Waals surface area contributed by atoms with Crippen molar-refractivity contribution in [2.75, 3.05) is 13.1 Å². The quantitative estimate of drug-likeness (QED) is 0.940. The molecule has 3 nitrogen and oxygen atoms in total. The standard InChI is InChI=1S/C18H22N2O/c1-2-6-14-11-20(12-17(14)19)18(21)16-10-5-8-13-7-3-4-9-15(13)16/h3-5,7-10,14,17H,2,6,11-12,19H2,1H3/t14-,17-/m0/s1. The van der Waals surface area contributed by atoms with E-state index in [4.69, 9.17) is 5.73 Å². The predicted molar refractivity (Wildman–Crippen MR) is 86.2 cm³/mol. The highest BCUT2D eigenvalue weighted by Gasteiger charge is 2.32. The van der Waals surface area contributed by atoms with Crippen molar-refractivity contribution in [1.82, 2.24) is 4.90 Å². The summed E-state index contributed by atoms with van der Waals surface area (Å²) in [6.07, 6.45) is 2.22. The summed E-state index contributed by atoms with van der Waals surface area (Å²) < 4.78 is 0. The molecule has 0 aliphatic carbocycles. The highest BCUT2D eigenvalue weighted by Crippen LogP contribution is 2.25. The number of hydrogen-bond donors (Lipinski definition) is 1. The Morgan fingerprint density at radius 3 is 2.76 bits per heavy atom. The van der Waals surface area contributed by atoms with Gasteiger partial charge in [-0.05, 0) is 29.2 Å². The average molecular weight is 282 g/mol. The monoisotopic (exact) mass is 282 g/mol. The summed E-state index contributed by atoms with van der Waals surface area (Å²) in [6.45, 7) is 3.63. The maximum atomic E-state index is 12.8. The number of nitrogens with zero attached hydrogens (tertiary/aromatic N) is 1. The van der Waals surface area contributed by atoms with Gasteiger partial charge in [0.15, 0.2) is 0 Å². The molecule has 0 saturated carbocycles. The molecule has 0 bridgehead atoms. The lowest BCUT2D eigenvalue weighted by Gasteiger charge is -2.17. The Morgan fingerprint density at radius 1 is 1.19 bits per heavy atom. The smallest absolute Gasteiger partial charge is 0.254 e. The Balaban J connectivity index is 1.88. The Bertz CT molecular complexity index is 647. The highest BCUT2D eigenvalue weighted by atomic mass is 16.2. The lowest BCUT2D eigenvalue weighted by atomic mass is 9.99. The first-order chi connectivity index (χ1) is 10.2. The maximum Gasteiger partial charge on any atom is 0.254 e. The molecule has 1 amide bonds. The number of rotatable bonds is 3. The molecule has 1 aliphatic rings. The van der Waals surface area contributed by atoms with Gasteiger partial charge in [0, 0.05) is 24.7 Å². The zero-order valence-electron chi connectivity index (χ0n) is 12.5. The van der Waals surface area contributed by atoms with Gasteiger partial charge in [-0.2, -0.15) is 0 Å². The van der Waals surface area contributed by atoms with Crippen LogP contribution in [0.3, 0.4) is 0 Å². The second-order valence-electron chi connectivity index (χ2n) is 5.95. The van der Waals surface area contributed by atoms with Crippen molar-refractivity contribution < 1.29 is 4.79 Å². The van der Waals surface area contributed by atoms with Gasteiger partial charge in [0.25, 0.3) is 5.91 Å². The zero-order valence-corrected chi connectivity index (χ0v) is 12.5. The summed E-state index contributed by atoms with van der Waals surface area (Å²) in [6, 6.07) is 14.1. The first kappa shape index (κ1) is 14.1. The van der Waals surface area contributed by atoms with Crippen LogP contribution in [0.4, 0.5) is 0 Å². The van der Waals surface area contributed by atoms with E-state index in [-0.39, 0.29) is 11.9 Å². The van der Waals surface area contributed by atoms with Crippen LogP contribution in [0.2, 0.25) is 0 Å². The summed E-state index contributed by atoms with van der Waals surface area (Å²) in [5, 5.41) is 2.13. The molecule has 0 radical (unpaired) electrons. The lowest BCUT2D eigenvalue weighted by molar-refractivity contribution is 0.0787. The minimum absolute atomic E-state index is 0.112. The number of carbonyl (C=O) groups is 1. The first-order valence-corrected chi connectivity index (χ1v) is 7.73. The molecule has 110 valence electrons. The molecule has 2 atom stereocenters. The number of nitrogens with two attached hydrogens (primary N) is 1. The van der Waals surface area contributed by atoms with Crippen molar-refractivity contribution in [3.8, 4) is 0 Å². The Labute approximate surface area is 125 Å². The van der Waals surface area contributed by atoms with Gasteiger partial charge in [-0.1, -0.05) is 49.7 Å². The van der Waals surface area contributed by atoms with E-state index >= 15 is 0 Å². The van der Waals surface area contributed by atoms with Gasteiger partial charge in [0.05, 0.1) is 0 Å². The van der Waals surface area contributed by atoms with Crippen molar-refractivity contribution in [3.63, 3.8) is 0 Å². The second kappa shape index (κ2) is 5.86. The van der Waals surface area contributed by atoms with Crippen molar-refractivity contribution >= 4 is 16.7 Å². The molecular formula is C18H22N2O. The molecule has 2 aromatic carbocycles. The van der Waals surface area contributed by atoms with Crippen LogP contribution in [-0.4, -0.2) is 29.9 Å². The van der Waals surface area contributed by atoms with Gasteiger partial charge >= 0.3 is 0 Å². The molecule has 0 unspecified atom stereocenters. The van der Waals surface area contributed by atoms with E-state index in [0.717, 1.165) is 35.7 Å². The minimum atomic E-state index is 0.112. The van der Waals surface area contributed by atoms with E-state index in [1.165, 1.54) is 0 Å². The molecule has 21 heavy (non-hydrogen) atoms. The topological polar surface area (TPSA) is 46.3 Å². The van der Waals surface area contributed by atoms with Crippen molar-refractivity contribution in [1.29, 1.82) is 0 Å². The summed E-state index contributed by atoms with van der Waals surface area (Å²) >= 11 is 0. The number of likely N-dealkylation sites (tertiary alicyclic amines) is 1. The zero-order chi connectivity index (χ0) is 14.8. The summed E-state index contributed by atoms with van der Waals surface area (Å²) in [7, 11) is 0. The summed E-state index contributed by atoms with van der Waals surface area (Å²) in [5.74, 6) is 0.551. The Morgan fingerprint density at radius 2 is 1.95 bits per heavy atom. The molecule has 0 aromatic heterocycles. The highest BCUT2D eigenvalue weighted by molar-refractivity contribution is 6.07. The molecule has 1 fully saturated rings. The molecule has 2 N–H and O–H groups in total. The van der Waals surface area contributed by atoms with Gasteiger partial charge in [-0.3, -0.25) is 4.79 Å². The van der Waals surface area contributed by atoms with E-state index in [1.54, 1.807) is 0 Å². The Kier molecular flexibility index (Phi) is 3.93. The number of benzene rings is 2. The number of amides is 1. The Hall–Kier alpha value is -1.87. The molecule has 1 aliphatic heterocycles. The van der Waals surface area contributed by atoms with E-state index < -0.39 is 0 Å². The van der Waals surface area contributed by atoms with Crippen LogP contribution < -0.4 is 5.73 Å².